The summed E-state index contributed by atoms with van der Waals surface area (Å²) in [7, 11) is 0. The lowest BCUT2D eigenvalue weighted by Crippen LogP contribution is -2.22. The number of allylic oxidation sites excluding steroid dienone is 1. The molecule has 0 aliphatic carbocycles. The third-order valence-corrected chi connectivity index (χ3v) is 3.02. The van der Waals surface area contributed by atoms with Gasteiger partial charge < -0.3 is 16.0 Å². The van der Waals surface area contributed by atoms with Crippen molar-refractivity contribution in [2.24, 2.45) is 5.73 Å². The molecule has 1 heterocycles. The van der Waals surface area contributed by atoms with Gasteiger partial charge in [-0.2, -0.15) is 31.6 Å². The second kappa shape index (κ2) is 10.9. The van der Waals surface area contributed by atoms with E-state index in [1.165, 1.54) is 6.07 Å². The number of rotatable bonds is 2. The first-order valence-corrected chi connectivity index (χ1v) is 7.51. The minimum Gasteiger partial charge on any atom is -0.395 e. The van der Waals surface area contributed by atoms with Gasteiger partial charge in [-0.25, -0.2) is 13.8 Å². The summed E-state index contributed by atoms with van der Waals surface area (Å²) in [5.74, 6) is -3.69. The summed E-state index contributed by atoms with van der Waals surface area (Å²) in [5.41, 5.74) is -0.415. The molecule has 7 nitrogen and oxygen atoms in total. The van der Waals surface area contributed by atoms with Crippen LogP contribution < -0.4 is 16.6 Å². The molecule has 174 valence electrons. The van der Waals surface area contributed by atoms with E-state index >= 15 is 0 Å². The molecule has 1 amide bonds. The van der Waals surface area contributed by atoms with Crippen LogP contribution in [0, 0.1) is 23.0 Å². The number of alkyl halides is 6. The van der Waals surface area contributed by atoms with Crippen LogP contribution in [-0.4, -0.2) is 22.1 Å². The maximum absolute atomic E-state index is 13.3. The number of halogens is 8. The summed E-state index contributed by atoms with van der Waals surface area (Å²) in [6.07, 6.45) is -8.75. The lowest BCUT2D eigenvalue weighted by molar-refractivity contribution is -0.141. The molecule has 2 aromatic rings. The predicted octanol–water partition coefficient (Wildman–Crippen LogP) is 3.60. The molecular weight excluding hydrogens is 458 g/mol. The first-order chi connectivity index (χ1) is 14.1. The van der Waals surface area contributed by atoms with E-state index in [0.29, 0.717) is 24.5 Å². The number of anilines is 1. The van der Waals surface area contributed by atoms with Crippen LogP contribution in [0.15, 0.2) is 41.1 Å². The number of amides is 1. The highest BCUT2D eigenvalue weighted by atomic mass is 19.4. The third-order valence-electron chi connectivity index (χ3n) is 3.02. The van der Waals surface area contributed by atoms with Crippen molar-refractivity contribution >= 4 is 11.6 Å². The van der Waals surface area contributed by atoms with Crippen LogP contribution in [0.3, 0.4) is 0 Å². The van der Waals surface area contributed by atoms with E-state index in [1.807, 2.05) is 4.98 Å². The lowest BCUT2D eigenvalue weighted by Gasteiger charge is -2.08. The summed E-state index contributed by atoms with van der Waals surface area (Å²) in [6, 6.07) is 2.74. The molecule has 1 aromatic carbocycles. The zero-order chi connectivity index (χ0) is 24.0. The zero-order valence-corrected chi connectivity index (χ0v) is 14.7. The second-order valence-electron chi connectivity index (χ2n) is 5.30. The first-order valence-electron chi connectivity index (χ1n) is 7.51. The van der Waals surface area contributed by atoms with Crippen molar-refractivity contribution in [3.8, 4) is 6.07 Å². The Bertz CT molecular complexity index is 1080. The Kier molecular flexibility index (Phi) is 9.54. The quantitative estimate of drug-likeness (QED) is 0.456. The van der Waals surface area contributed by atoms with Gasteiger partial charge in [0, 0.05) is 18.2 Å². The number of carbonyl (C=O) groups is 1. The number of nitrogens with one attached hydrogen (secondary N) is 2. The average Bonchev–Trinajstić information content (AvgIpc) is 2.63. The van der Waals surface area contributed by atoms with Crippen LogP contribution in [0.1, 0.15) is 18.7 Å². The largest absolute Gasteiger partial charge is 0.433 e. The SMILES string of the molecule is C.N#Cc1cc(F)c(NC(=O)/C=C(\N)C(F)(F)F)cc1F.O=c1cc(C(F)(F)F)nc[nH]1. The van der Waals surface area contributed by atoms with Crippen molar-refractivity contribution in [1.29, 1.82) is 5.26 Å². The van der Waals surface area contributed by atoms with Gasteiger partial charge in [-0.15, -0.1) is 0 Å². The highest BCUT2D eigenvalue weighted by Crippen LogP contribution is 2.25. The molecule has 15 heteroatoms. The fourth-order valence-electron chi connectivity index (χ4n) is 1.64. The number of hydrogen-bond acceptors (Lipinski definition) is 5. The Morgan fingerprint density at radius 3 is 2.16 bits per heavy atom. The number of nitriles is 1. The van der Waals surface area contributed by atoms with Crippen LogP contribution >= 0.6 is 0 Å². The van der Waals surface area contributed by atoms with E-state index in [1.54, 1.807) is 5.32 Å². The smallest absolute Gasteiger partial charge is 0.395 e. The van der Waals surface area contributed by atoms with Gasteiger partial charge in [0.15, 0.2) is 5.69 Å². The number of benzene rings is 1. The Labute approximate surface area is 174 Å². The van der Waals surface area contributed by atoms with Gasteiger partial charge in [0.25, 0.3) is 11.5 Å². The number of aromatic nitrogens is 2. The van der Waals surface area contributed by atoms with Crippen molar-refractivity contribution in [2.45, 2.75) is 19.8 Å². The summed E-state index contributed by atoms with van der Waals surface area (Å²) in [6.45, 7) is 0. The molecule has 0 aliphatic heterocycles. The highest BCUT2D eigenvalue weighted by molar-refractivity contribution is 5.99. The van der Waals surface area contributed by atoms with Crippen LogP contribution in [0.5, 0.6) is 0 Å². The molecule has 0 atom stereocenters. The van der Waals surface area contributed by atoms with Crippen LogP contribution in [0.4, 0.5) is 40.8 Å². The number of carbonyl (C=O) groups excluding carboxylic acids is 1. The first kappa shape index (κ1) is 28.0. The van der Waals surface area contributed by atoms with Crippen LogP contribution in [-0.2, 0) is 11.0 Å². The molecule has 2 rings (SSSR count). The third kappa shape index (κ3) is 8.42. The van der Waals surface area contributed by atoms with Gasteiger partial charge >= 0.3 is 12.4 Å². The monoisotopic (exact) mass is 471 g/mol. The predicted molar refractivity (Wildman–Crippen MR) is 94.6 cm³/mol. The van der Waals surface area contributed by atoms with Crippen molar-refractivity contribution in [1.82, 2.24) is 9.97 Å². The van der Waals surface area contributed by atoms with Crippen molar-refractivity contribution < 1.29 is 39.9 Å². The highest BCUT2D eigenvalue weighted by Gasteiger charge is 2.33. The minimum atomic E-state index is -4.91. The number of hydrogen-bond donors (Lipinski definition) is 3. The van der Waals surface area contributed by atoms with Gasteiger partial charge in [-0.1, -0.05) is 7.43 Å². The van der Waals surface area contributed by atoms with Gasteiger partial charge in [0.05, 0.1) is 17.6 Å². The molecule has 0 saturated heterocycles. The molecule has 4 N–H and O–H groups in total. The average molecular weight is 471 g/mol. The van der Waals surface area contributed by atoms with Gasteiger partial charge in [0.2, 0.25) is 0 Å². The maximum atomic E-state index is 13.3. The van der Waals surface area contributed by atoms with Gasteiger partial charge in [-0.05, 0) is 6.07 Å². The van der Waals surface area contributed by atoms with Crippen LogP contribution in [0.25, 0.3) is 0 Å². The van der Waals surface area contributed by atoms with Gasteiger partial charge in [-0.3, -0.25) is 9.59 Å². The van der Waals surface area contributed by atoms with E-state index in [-0.39, 0.29) is 13.5 Å². The molecule has 1 aromatic heterocycles. The van der Waals surface area contributed by atoms with Crippen molar-refractivity contribution in [3.63, 3.8) is 0 Å². The van der Waals surface area contributed by atoms with E-state index in [2.05, 4.69) is 10.7 Å². The fourth-order valence-corrected chi connectivity index (χ4v) is 1.64. The minimum absolute atomic E-state index is 0. The molecule has 0 radical (unpaired) electrons. The van der Waals surface area contributed by atoms with E-state index in [9.17, 15) is 44.7 Å². The number of H-pyrrole nitrogens is 1. The summed E-state index contributed by atoms with van der Waals surface area (Å²) in [5, 5.41) is 10.1. The molecule has 0 saturated carbocycles. The van der Waals surface area contributed by atoms with E-state index < -0.39 is 58.1 Å². The molecule has 0 aliphatic rings. The summed E-state index contributed by atoms with van der Waals surface area (Å²) < 4.78 is 97.9. The molecule has 32 heavy (non-hydrogen) atoms. The fraction of sp³-hybridized carbons (Fsp3) is 0.176. The zero-order valence-electron chi connectivity index (χ0n) is 14.7. The second-order valence-corrected chi connectivity index (χ2v) is 5.30. The van der Waals surface area contributed by atoms with E-state index in [0.717, 1.165) is 0 Å². The van der Waals surface area contributed by atoms with Crippen LogP contribution in [0.2, 0.25) is 0 Å². The standard InChI is InChI=1S/C11H6F5N3O.C5H3F3N2O.CH4/c12-6-2-8(7(13)1-5(6)4-17)19-10(20)3-9(18)11(14,15)16;6-5(7,8)3-1-4(11)10-2-9-3;/h1-3H,18H2,(H,19,20);1-2H,(H,9,10,11);1H4/b9-3-;;. The number of aromatic amines is 1. The number of nitrogens with zero attached hydrogens (tertiary/aromatic N) is 2. The van der Waals surface area contributed by atoms with Crippen molar-refractivity contribution in [3.05, 3.63) is 69.5 Å². The Hall–Kier alpha value is -3.96. The molecular formula is C17H13F8N5O2. The van der Waals surface area contributed by atoms with Gasteiger partial charge in [0.1, 0.15) is 23.4 Å². The maximum Gasteiger partial charge on any atom is 0.433 e. The molecule has 0 bridgehead atoms. The summed E-state index contributed by atoms with van der Waals surface area (Å²) >= 11 is 0. The lowest BCUT2D eigenvalue weighted by atomic mass is 10.2. The Balaban J connectivity index is 0.000000679. The molecule has 0 unspecified atom stereocenters. The summed E-state index contributed by atoms with van der Waals surface area (Å²) in [4.78, 5) is 26.4. The number of nitrogens with two attached hydrogens (primary N) is 1. The van der Waals surface area contributed by atoms with E-state index in [4.69, 9.17) is 5.26 Å². The topological polar surface area (TPSA) is 125 Å². The normalized spacial score (nSPS) is 11.4. The Morgan fingerprint density at radius 1 is 1.12 bits per heavy atom. The van der Waals surface area contributed by atoms with Crippen molar-refractivity contribution in [2.75, 3.05) is 5.32 Å². The molecule has 0 fully saturated rings. The molecule has 0 spiro atoms. The Morgan fingerprint density at radius 2 is 1.72 bits per heavy atom.